The van der Waals surface area contributed by atoms with Gasteiger partial charge >= 0.3 is 0 Å². The SMILES string of the molecule is Cc1nc(-c2ccc3c(c2)CCN3C(=O)C[NH+](C)Cc2c(F)cccc2Cl)cs1. The first-order valence-corrected chi connectivity index (χ1v) is 10.8. The Kier molecular flexibility index (Phi) is 5.67. The Hall–Kier alpha value is -2.28. The van der Waals surface area contributed by atoms with Gasteiger partial charge in [-0.15, -0.1) is 11.3 Å². The summed E-state index contributed by atoms with van der Waals surface area (Å²) in [5.74, 6) is -0.299. The number of hydrogen-bond donors (Lipinski definition) is 1. The quantitative estimate of drug-likeness (QED) is 0.672. The van der Waals surface area contributed by atoms with E-state index in [4.69, 9.17) is 11.6 Å². The maximum Gasteiger partial charge on any atom is 0.282 e. The largest absolute Gasteiger partial charge is 0.326 e. The first-order chi connectivity index (χ1) is 13.9. The Balaban J connectivity index is 1.46. The number of anilines is 1. The second-order valence-corrected chi connectivity index (χ2v) is 8.87. The second-order valence-electron chi connectivity index (χ2n) is 7.40. The number of nitrogens with zero attached hydrogens (tertiary/aromatic N) is 2. The number of benzene rings is 2. The molecule has 2 heterocycles. The molecule has 0 saturated carbocycles. The molecule has 1 N–H and O–H groups in total. The summed E-state index contributed by atoms with van der Waals surface area (Å²) in [5, 5.41) is 3.49. The Morgan fingerprint density at radius 3 is 2.90 bits per heavy atom. The van der Waals surface area contributed by atoms with E-state index >= 15 is 0 Å². The molecule has 1 aromatic heterocycles. The number of carbonyl (C=O) groups is 1. The first-order valence-electron chi connectivity index (χ1n) is 9.52. The maximum atomic E-state index is 14.0. The van der Waals surface area contributed by atoms with Crippen LogP contribution in [0.25, 0.3) is 11.3 Å². The Morgan fingerprint density at radius 1 is 1.34 bits per heavy atom. The summed E-state index contributed by atoms with van der Waals surface area (Å²) >= 11 is 7.75. The number of quaternary nitrogens is 1. The van der Waals surface area contributed by atoms with Crippen molar-refractivity contribution in [1.82, 2.24) is 4.98 Å². The fourth-order valence-electron chi connectivity index (χ4n) is 3.74. The number of carbonyl (C=O) groups excluding carboxylic acids is 1. The molecule has 1 aliphatic heterocycles. The fraction of sp³-hybridized carbons (Fsp3) is 0.273. The highest BCUT2D eigenvalue weighted by atomic mass is 35.5. The highest BCUT2D eigenvalue weighted by molar-refractivity contribution is 7.09. The fourth-order valence-corrected chi connectivity index (χ4v) is 4.59. The van der Waals surface area contributed by atoms with Crippen LogP contribution in [0.4, 0.5) is 10.1 Å². The minimum atomic E-state index is -0.333. The Bertz CT molecular complexity index is 1050. The number of halogens is 2. The number of nitrogens with one attached hydrogen (secondary N) is 1. The lowest BCUT2D eigenvalue weighted by Gasteiger charge is -2.21. The second kappa shape index (κ2) is 8.22. The van der Waals surface area contributed by atoms with Crippen LogP contribution in [0.2, 0.25) is 5.02 Å². The van der Waals surface area contributed by atoms with Gasteiger partial charge in [0.2, 0.25) is 0 Å². The molecule has 2 aromatic carbocycles. The molecular weight excluding hydrogens is 409 g/mol. The van der Waals surface area contributed by atoms with E-state index in [2.05, 4.69) is 16.4 Å². The monoisotopic (exact) mass is 430 g/mol. The third-order valence-electron chi connectivity index (χ3n) is 5.18. The highest BCUT2D eigenvalue weighted by Crippen LogP contribution is 2.32. The van der Waals surface area contributed by atoms with Crippen LogP contribution in [-0.2, 0) is 17.8 Å². The molecular formula is C22H22ClFN3OS+. The molecule has 4 rings (SSSR count). The van der Waals surface area contributed by atoms with Crippen molar-refractivity contribution in [2.75, 3.05) is 25.0 Å². The number of amides is 1. The zero-order chi connectivity index (χ0) is 20.5. The third kappa shape index (κ3) is 4.20. The third-order valence-corrected chi connectivity index (χ3v) is 6.31. The van der Waals surface area contributed by atoms with Crippen LogP contribution in [0.3, 0.4) is 0 Å². The number of aryl methyl sites for hydroxylation is 1. The van der Waals surface area contributed by atoms with Crippen molar-refractivity contribution in [3.05, 3.63) is 68.8 Å². The van der Waals surface area contributed by atoms with E-state index in [9.17, 15) is 9.18 Å². The number of rotatable bonds is 5. The standard InChI is InChI=1S/C22H21ClFN3OS/c1-14-25-20(13-29-14)15-6-7-21-16(10-15)8-9-27(21)22(28)12-26(2)11-17-18(23)4-3-5-19(17)24/h3-7,10,13H,8-9,11-12H2,1-2H3/p+1. The molecule has 0 radical (unpaired) electrons. The summed E-state index contributed by atoms with van der Waals surface area (Å²) in [6, 6.07) is 10.8. The van der Waals surface area contributed by atoms with Crippen molar-refractivity contribution in [3.8, 4) is 11.3 Å². The topological polar surface area (TPSA) is 37.6 Å². The summed E-state index contributed by atoms with van der Waals surface area (Å²) in [5.41, 5.74) is 4.63. The molecule has 1 aliphatic rings. The Labute approximate surface area is 178 Å². The molecule has 1 amide bonds. The molecule has 3 aromatic rings. The van der Waals surface area contributed by atoms with Gasteiger partial charge in [0, 0.05) is 23.2 Å². The van der Waals surface area contributed by atoms with E-state index in [0.717, 1.165) is 38.8 Å². The van der Waals surface area contributed by atoms with Gasteiger partial charge in [0.1, 0.15) is 12.4 Å². The van der Waals surface area contributed by atoms with Gasteiger partial charge in [-0.25, -0.2) is 9.37 Å². The van der Waals surface area contributed by atoms with Gasteiger partial charge in [-0.05, 0) is 43.2 Å². The van der Waals surface area contributed by atoms with E-state index in [1.165, 1.54) is 6.07 Å². The zero-order valence-electron chi connectivity index (χ0n) is 16.3. The molecule has 7 heteroatoms. The van der Waals surface area contributed by atoms with E-state index in [1.807, 2.05) is 31.0 Å². The molecule has 0 bridgehead atoms. The van der Waals surface area contributed by atoms with Crippen LogP contribution >= 0.6 is 22.9 Å². The van der Waals surface area contributed by atoms with Crippen LogP contribution in [0.15, 0.2) is 41.8 Å². The van der Waals surface area contributed by atoms with Crippen molar-refractivity contribution in [2.24, 2.45) is 0 Å². The normalized spacial score (nSPS) is 14.1. The molecule has 1 atom stereocenters. The smallest absolute Gasteiger partial charge is 0.282 e. The number of hydrogen-bond acceptors (Lipinski definition) is 3. The van der Waals surface area contributed by atoms with E-state index < -0.39 is 0 Å². The van der Waals surface area contributed by atoms with Crippen LogP contribution < -0.4 is 9.80 Å². The van der Waals surface area contributed by atoms with E-state index in [0.29, 0.717) is 23.7 Å². The minimum absolute atomic E-state index is 0.0333. The average molecular weight is 431 g/mol. The van der Waals surface area contributed by atoms with Crippen molar-refractivity contribution in [1.29, 1.82) is 0 Å². The zero-order valence-corrected chi connectivity index (χ0v) is 17.9. The lowest BCUT2D eigenvalue weighted by Crippen LogP contribution is -3.09. The molecule has 4 nitrogen and oxygen atoms in total. The summed E-state index contributed by atoms with van der Waals surface area (Å²) in [7, 11) is 1.88. The predicted molar refractivity (Wildman–Crippen MR) is 115 cm³/mol. The minimum Gasteiger partial charge on any atom is -0.326 e. The molecule has 150 valence electrons. The van der Waals surface area contributed by atoms with Crippen molar-refractivity contribution in [3.63, 3.8) is 0 Å². The number of fused-ring (bicyclic) bond motifs is 1. The lowest BCUT2D eigenvalue weighted by atomic mass is 10.1. The molecule has 0 spiro atoms. The van der Waals surface area contributed by atoms with Crippen LogP contribution in [-0.4, -0.2) is 31.0 Å². The summed E-state index contributed by atoms with van der Waals surface area (Å²) in [6.07, 6.45) is 0.830. The van der Waals surface area contributed by atoms with Gasteiger partial charge < -0.3 is 9.80 Å². The highest BCUT2D eigenvalue weighted by Gasteiger charge is 2.27. The van der Waals surface area contributed by atoms with Crippen LogP contribution in [0, 0.1) is 12.7 Å². The van der Waals surface area contributed by atoms with Gasteiger partial charge in [-0.1, -0.05) is 23.7 Å². The van der Waals surface area contributed by atoms with Gasteiger partial charge in [0.15, 0.2) is 6.54 Å². The first kappa shape index (κ1) is 20.0. The lowest BCUT2D eigenvalue weighted by molar-refractivity contribution is -0.885. The van der Waals surface area contributed by atoms with Crippen molar-refractivity contribution < 1.29 is 14.1 Å². The van der Waals surface area contributed by atoms with Crippen LogP contribution in [0.1, 0.15) is 16.1 Å². The van der Waals surface area contributed by atoms with E-state index in [1.54, 1.807) is 23.5 Å². The van der Waals surface area contributed by atoms with Gasteiger partial charge in [0.25, 0.3) is 5.91 Å². The maximum absolute atomic E-state index is 14.0. The molecule has 29 heavy (non-hydrogen) atoms. The molecule has 1 unspecified atom stereocenters. The Morgan fingerprint density at radius 2 is 2.17 bits per heavy atom. The van der Waals surface area contributed by atoms with Crippen LogP contribution in [0.5, 0.6) is 0 Å². The number of aromatic nitrogens is 1. The number of likely N-dealkylation sites (N-methyl/N-ethyl adjacent to an activating group) is 1. The molecule has 0 fully saturated rings. The van der Waals surface area contributed by atoms with Gasteiger partial charge in [0.05, 0.1) is 28.3 Å². The van der Waals surface area contributed by atoms with Gasteiger partial charge in [-0.2, -0.15) is 0 Å². The predicted octanol–water partition coefficient (Wildman–Crippen LogP) is 3.52. The van der Waals surface area contributed by atoms with E-state index in [-0.39, 0.29) is 18.3 Å². The average Bonchev–Trinajstić information content (AvgIpc) is 3.30. The molecule has 0 aliphatic carbocycles. The van der Waals surface area contributed by atoms with Crippen molar-refractivity contribution >= 4 is 34.5 Å². The summed E-state index contributed by atoms with van der Waals surface area (Å²) < 4.78 is 14.0. The summed E-state index contributed by atoms with van der Waals surface area (Å²) in [6.45, 7) is 3.30. The van der Waals surface area contributed by atoms with Gasteiger partial charge in [-0.3, -0.25) is 4.79 Å². The molecule has 0 saturated heterocycles. The summed E-state index contributed by atoms with van der Waals surface area (Å²) in [4.78, 5) is 20.2. The van der Waals surface area contributed by atoms with Crippen molar-refractivity contribution in [2.45, 2.75) is 19.9 Å². The number of thiazole rings is 1.